The van der Waals surface area contributed by atoms with Gasteiger partial charge in [0.05, 0.1) is 37.5 Å². The lowest BCUT2D eigenvalue weighted by atomic mass is 10.1. The van der Waals surface area contributed by atoms with Crippen molar-refractivity contribution < 1.29 is 28.7 Å². The Morgan fingerprint density at radius 1 is 0.625 bits per heavy atom. The first-order valence-electron chi connectivity index (χ1n) is 22.6. The van der Waals surface area contributed by atoms with E-state index in [0.29, 0.717) is 39.0 Å². The minimum absolute atomic E-state index is 0.0612. The lowest BCUT2D eigenvalue weighted by Crippen LogP contribution is -2.58. The molecule has 2 aliphatic heterocycles. The van der Waals surface area contributed by atoms with E-state index in [1.54, 1.807) is 54.4 Å². The van der Waals surface area contributed by atoms with Crippen molar-refractivity contribution in [1.29, 1.82) is 0 Å². The molecule has 0 saturated carbocycles. The summed E-state index contributed by atoms with van der Waals surface area (Å²) in [6.07, 6.45) is 6.40. The van der Waals surface area contributed by atoms with E-state index >= 15 is 0 Å². The molecule has 346 valence electrons. The zero-order valence-electron chi connectivity index (χ0n) is 38.1. The van der Waals surface area contributed by atoms with E-state index < -0.39 is 36.4 Å². The molecule has 8 atom stereocenters. The Labute approximate surface area is 376 Å². The molecule has 2 aromatic heterocycles. The van der Waals surface area contributed by atoms with Crippen LogP contribution >= 0.6 is 0 Å². The highest BCUT2D eigenvalue weighted by molar-refractivity contribution is 5.91. The second kappa shape index (κ2) is 23.4. The summed E-state index contributed by atoms with van der Waals surface area (Å²) in [6, 6.07) is 16.8. The van der Waals surface area contributed by atoms with Gasteiger partial charge in [-0.1, -0.05) is 60.7 Å². The highest BCUT2D eigenvalue weighted by atomic mass is 16.5. The maximum absolute atomic E-state index is 14.4. The summed E-state index contributed by atoms with van der Waals surface area (Å²) in [4.78, 5) is 59.1. The molecule has 64 heavy (non-hydrogen) atoms. The van der Waals surface area contributed by atoms with Gasteiger partial charge in [0, 0.05) is 51.1 Å². The highest BCUT2D eigenvalue weighted by Gasteiger charge is 2.40. The van der Waals surface area contributed by atoms with Gasteiger partial charge in [0.2, 0.25) is 23.6 Å². The van der Waals surface area contributed by atoms with Crippen LogP contribution < -0.4 is 21.3 Å². The minimum Gasteiger partial charge on any atom is -0.373 e. The molecular weight excluding hydrogens is 817 g/mol. The average molecular weight is 883 g/mol. The number of carbonyl (C=O) groups is 4. The predicted molar refractivity (Wildman–Crippen MR) is 240 cm³/mol. The molecule has 2 aromatic carbocycles. The summed E-state index contributed by atoms with van der Waals surface area (Å²) < 4.78 is 16.5. The largest absolute Gasteiger partial charge is 0.373 e. The van der Waals surface area contributed by atoms with Crippen LogP contribution in [0.15, 0.2) is 73.3 Å². The van der Waals surface area contributed by atoms with Crippen LogP contribution in [-0.4, -0.2) is 152 Å². The number of nitrogens with zero attached hydrogens (tertiary/aromatic N) is 8. The molecule has 4 heterocycles. The van der Waals surface area contributed by atoms with E-state index in [0.717, 1.165) is 48.5 Å². The van der Waals surface area contributed by atoms with Crippen LogP contribution in [0.4, 0.5) is 0 Å². The van der Waals surface area contributed by atoms with E-state index in [1.165, 1.54) is 0 Å². The van der Waals surface area contributed by atoms with Crippen LogP contribution in [0, 0.1) is 0 Å². The third kappa shape index (κ3) is 12.6. The second-order valence-corrected chi connectivity index (χ2v) is 16.9. The van der Waals surface area contributed by atoms with Gasteiger partial charge in [-0.05, 0) is 78.6 Å². The van der Waals surface area contributed by atoms with Gasteiger partial charge in [0.15, 0.2) is 0 Å². The third-order valence-electron chi connectivity index (χ3n) is 12.5. The number of amides is 4. The number of nitrogens with one attached hydrogen (secondary N) is 4. The Bertz CT molecular complexity index is 1950. The van der Waals surface area contributed by atoms with Crippen LogP contribution in [-0.2, 0) is 54.6 Å². The monoisotopic (exact) mass is 883 g/mol. The first-order chi connectivity index (χ1) is 31.0. The molecule has 0 unspecified atom stereocenters. The van der Waals surface area contributed by atoms with E-state index in [4.69, 9.17) is 9.47 Å². The van der Waals surface area contributed by atoms with Crippen LogP contribution in [0.2, 0.25) is 0 Å². The van der Waals surface area contributed by atoms with E-state index in [2.05, 4.69) is 41.7 Å². The number of ether oxygens (including phenoxy) is 2. The molecule has 4 amide bonds. The summed E-state index contributed by atoms with van der Waals surface area (Å²) in [6.45, 7) is 9.23. The molecule has 2 fully saturated rings. The number of aromatic nitrogens is 6. The van der Waals surface area contributed by atoms with E-state index in [9.17, 15) is 19.2 Å². The third-order valence-corrected chi connectivity index (χ3v) is 12.5. The Morgan fingerprint density at radius 2 is 1.02 bits per heavy atom. The summed E-state index contributed by atoms with van der Waals surface area (Å²) in [5.74, 6) is 0.500. The Kier molecular flexibility index (Phi) is 17.5. The molecule has 0 bridgehead atoms. The summed E-state index contributed by atoms with van der Waals surface area (Å²) in [5, 5.41) is 28.9. The van der Waals surface area contributed by atoms with E-state index in [-0.39, 0.29) is 48.9 Å². The van der Waals surface area contributed by atoms with Crippen LogP contribution in [0.1, 0.15) is 76.2 Å². The van der Waals surface area contributed by atoms with Gasteiger partial charge in [-0.3, -0.25) is 19.2 Å². The fourth-order valence-corrected chi connectivity index (χ4v) is 8.38. The molecule has 18 nitrogen and oxygen atoms in total. The van der Waals surface area contributed by atoms with Gasteiger partial charge in [-0.15, -0.1) is 20.4 Å². The van der Waals surface area contributed by atoms with E-state index in [1.807, 2.05) is 79.6 Å². The molecule has 6 rings (SSSR count). The van der Waals surface area contributed by atoms with Crippen LogP contribution in [0.5, 0.6) is 0 Å². The zero-order chi connectivity index (χ0) is 45.6. The van der Waals surface area contributed by atoms with Crippen LogP contribution in [0.25, 0.3) is 0 Å². The highest BCUT2D eigenvalue weighted by Crippen LogP contribution is 2.24. The van der Waals surface area contributed by atoms with Crippen molar-refractivity contribution in [2.75, 3.05) is 40.4 Å². The number of carbonyl (C=O) groups excluding carboxylic acids is 4. The number of likely N-dealkylation sites (tertiary alicyclic amines) is 2. The SMILES string of the molecule is CN[C@@H](C)C(=O)N[C@H](C(=O)N1CCC[C@H]1Cn1cnnc1Cc1ccccc1)[C@@H](C)OCCO[C@H](C)[C@H](NC(=O)[C@H](C)NC)C(=O)N1CCC[C@H]1Cn1cnnc1Cc1ccccc1. The van der Waals surface area contributed by atoms with Gasteiger partial charge in [0.1, 0.15) is 36.4 Å². The van der Waals surface area contributed by atoms with Crippen molar-refractivity contribution in [3.8, 4) is 0 Å². The normalized spacial score (nSPS) is 19.2. The number of likely N-dealkylation sites (N-methyl/N-ethyl adjacent to an activating group) is 2. The van der Waals surface area contributed by atoms with Crippen molar-refractivity contribution >= 4 is 23.6 Å². The van der Waals surface area contributed by atoms with Crippen molar-refractivity contribution in [1.82, 2.24) is 60.6 Å². The number of hydrogen-bond acceptors (Lipinski definition) is 12. The summed E-state index contributed by atoms with van der Waals surface area (Å²) in [7, 11) is 3.37. The molecule has 18 heteroatoms. The van der Waals surface area contributed by atoms with Crippen molar-refractivity contribution in [3.05, 3.63) is 96.1 Å². The van der Waals surface area contributed by atoms with Crippen molar-refractivity contribution in [2.45, 2.75) is 128 Å². The fraction of sp³-hybridized carbons (Fsp3) is 0.565. The van der Waals surface area contributed by atoms with Gasteiger partial charge < -0.3 is 49.7 Å². The van der Waals surface area contributed by atoms with Gasteiger partial charge in [0.25, 0.3) is 0 Å². The van der Waals surface area contributed by atoms with Crippen molar-refractivity contribution in [2.24, 2.45) is 0 Å². The summed E-state index contributed by atoms with van der Waals surface area (Å²) in [5.41, 5.74) is 2.23. The number of benzene rings is 2. The maximum Gasteiger partial charge on any atom is 0.248 e. The quantitative estimate of drug-likeness (QED) is 0.0788. The Hall–Kier alpha value is -5.56. The predicted octanol–water partition coefficient (Wildman–Crippen LogP) is 1.73. The minimum atomic E-state index is -0.978. The number of hydrogen-bond donors (Lipinski definition) is 4. The molecule has 4 N–H and O–H groups in total. The smallest absolute Gasteiger partial charge is 0.248 e. The molecule has 2 saturated heterocycles. The van der Waals surface area contributed by atoms with Gasteiger partial charge in [-0.2, -0.15) is 0 Å². The zero-order valence-corrected chi connectivity index (χ0v) is 38.1. The molecule has 0 spiro atoms. The molecule has 2 aliphatic rings. The van der Waals surface area contributed by atoms with Gasteiger partial charge >= 0.3 is 0 Å². The lowest BCUT2D eigenvalue weighted by molar-refractivity contribution is -0.144. The first-order valence-corrected chi connectivity index (χ1v) is 22.6. The standard InChI is InChI=1S/C46H66N12O6/c1-31(47-5)43(59)51-41(45(61)57-21-13-19-37(57)27-55-29-49-53-39(55)25-35-15-9-7-10-16-35)33(3)63-23-24-64-34(4)42(52-44(60)32(2)48-6)46(62)58-22-14-20-38(58)28-56-30-50-54-40(56)26-36-17-11-8-12-18-36/h7-12,15-18,29-34,37-38,41-42,47-48H,13-14,19-28H2,1-6H3,(H,51,59)(H,52,60)/t31-,32-,33+,34+,37-,38-,41-,42-/m0/s1. The topological polar surface area (TPSA) is 203 Å². The maximum atomic E-state index is 14.4. The Balaban J connectivity index is 1.09. The molecule has 4 aromatic rings. The fourth-order valence-electron chi connectivity index (χ4n) is 8.38. The first kappa shape index (κ1) is 47.9. The number of rotatable bonds is 23. The average Bonchev–Trinajstić information content (AvgIpc) is 4.16. The van der Waals surface area contributed by atoms with Gasteiger partial charge in [-0.25, -0.2) is 0 Å². The molecule has 0 aliphatic carbocycles. The van der Waals surface area contributed by atoms with Crippen LogP contribution in [0.3, 0.4) is 0 Å². The second-order valence-electron chi connectivity index (χ2n) is 16.9. The lowest BCUT2D eigenvalue weighted by Gasteiger charge is -2.33. The van der Waals surface area contributed by atoms with Crippen molar-refractivity contribution in [3.63, 3.8) is 0 Å². The molecule has 0 radical (unpaired) electrons. The Morgan fingerprint density at radius 3 is 1.39 bits per heavy atom. The summed E-state index contributed by atoms with van der Waals surface area (Å²) >= 11 is 0. The molecular formula is C46H66N12O6.